The Kier molecular flexibility index (Phi) is 4.38. The van der Waals surface area contributed by atoms with E-state index in [4.69, 9.17) is 4.74 Å². The highest BCUT2D eigenvalue weighted by molar-refractivity contribution is 5.78. The van der Waals surface area contributed by atoms with Crippen molar-refractivity contribution in [1.82, 2.24) is 5.32 Å². The van der Waals surface area contributed by atoms with E-state index in [1.807, 2.05) is 47.6 Å². The smallest absolute Gasteiger partial charge is 0.258 e. The van der Waals surface area contributed by atoms with Crippen LogP contribution < -0.4 is 10.1 Å². The molecule has 0 unspecified atom stereocenters. The van der Waals surface area contributed by atoms with Gasteiger partial charge < -0.3 is 10.1 Å². The van der Waals surface area contributed by atoms with Gasteiger partial charge in [-0.15, -0.1) is 0 Å². The molecule has 0 saturated heterocycles. The number of carbonyl (C=O) groups is 1. The van der Waals surface area contributed by atoms with Crippen molar-refractivity contribution >= 4 is 5.91 Å². The van der Waals surface area contributed by atoms with Gasteiger partial charge in [-0.3, -0.25) is 4.79 Å². The van der Waals surface area contributed by atoms with Crippen molar-refractivity contribution in [3.05, 3.63) is 28.8 Å². The van der Waals surface area contributed by atoms with Gasteiger partial charge in [-0.1, -0.05) is 6.07 Å². The molecule has 0 fully saturated rings. The fourth-order valence-electron chi connectivity index (χ4n) is 1.75. The molecular weight excluding hydrogens is 226 g/mol. The number of hydrogen-bond donors (Lipinski definition) is 1. The Labute approximate surface area is 110 Å². The lowest BCUT2D eigenvalue weighted by Gasteiger charge is -2.21. The summed E-state index contributed by atoms with van der Waals surface area (Å²) in [4.78, 5) is 11.7. The molecule has 0 saturated carbocycles. The zero-order valence-corrected chi connectivity index (χ0v) is 12.2. The second-order valence-corrected chi connectivity index (χ2v) is 5.79. The number of nitrogens with one attached hydrogen (secondary N) is 1. The van der Waals surface area contributed by atoms with Gasteiger partial charge in [0.05, 0.1) is 0 Å². The number of carbonyl (C=O) groups excluding carboxylic acids is 1. The average Bonchev–Trinajstić information content (AvgIpc) is 2.18. The van der Waals surface area contributed by atoms with E-state index >= 15 is 0 Å². The predicted molar refractivity (Wildman–Crippen MR) is 74.0 cm³/mol. The lowest BCUT2D eigenvalue weighted by molar-refractivity contribution is -0.124. The van der Waals surface area contributed by atoms with Gasteiger partial charge in [0, 0.05) is 5.54 Å². The molecule has 18 heavy (non-hydrogen) atoms. The minimum Gasteiger partial charge on any atom is -0.483 e. The van der Waals surface area contributed by atoms with Crippen molar-refractivity contribution in [2.24, 2.45) is 0 Å². The van der Waals surface area contributed by atoms with Crippen LogP contribution in [0.15, 0.2) is 12.1 Å². The topological polar surface area (TPSA) is 38.3 Å². The number of amides is 1. The lowest BCUT2D eigenvalue weighted by atomic mass is 10.1. The van der Waals surface area contributed by atoms with Crippen LogP contribution in [-0.2, 0) is 4.79 Å². The van der Waals surface area contributed by atoms with E-state index in [1.54, 1.807) is 0 Å². The quantitative estimate of drug-likeness (QED) is 0.894. The molecule has 0 radical (unpaired) electrons. The first-order valence-electron chi connectivity index (χ1n) is 6.21. The molecule has 0 aliphatic rings. The second kappa shape index (κ2) is 5.42. The Hall–Kier alpha value is -1.51. The van der Waals surface area contributed by atoms with Crippen LogP contribution in [0.2, 0.25) is 0 Å². The zero-order chi connectivity index (χ0) is 13.9. The highest BCUT2D eigenvalue weighted by Crippen LogP contribution is 2.23. The lowest BCUT2D eigenvalue weighted by Crippen LogP contribution is -2.43. The molecule has 0 heterocycles. The van der Waals surface area contributed by atoms with Crippen LogP contribution in [0.25, 0.3) is 0 Å². The summed E-state index contributed by atoms with van der Waals surface area (Å²) < 4.78 is 5.59. The molecule has 100 valence electrons. The molecule has 0 aliphatic heterocycles. The van der Waals surface area contributed by atoms with Crippen LogP contribution in [0.1, 0.15) is 37.5 Å². The van der Waals surface area contributed by atoms with Crippen LogP contribution in [0, 0.1) is 20.8 Å². The minimum atomic E-state index is -0.224. The van der Waals surface area contributed by atoms with E-state index in [0.29, 0.717) is 0 Å². The third-order valence-corrected chi connectivity index (χ3v) is 2.64. The Morgan fingerprint density at radius 1 is 1.22 bits per heavy atom. The predicted octanol–water partition coefficient (Wildman–Crippen LogP) is 2.91. The van der Waals surface area contributed by atoms with Gasteiger partial charge >= 0.3 is 0 Å². The maximum Gasteiger partial charge on any atom is 0.258 e. The Morgan fingerprint density at radius 2 is 1.83 bits per heavy atom. The largest absolute Gasteiger partial charge is 0.483 e. The molecule has 0 atom stereocenters. The molecule has 3 nitrogen and oxygen atoms in total. The summed E-state index contributed by atoms with van der Waals surface area (Å²) in [6.07, 6.45) is 0. The van der Waals surface area contributed by atoms with Crippen LogP contribution in [0.3, 0.4) is 0 Å². The maximum atomic E-state index is 11.7. The third kappa shape index (κ3) is 4.40. The first-order chi connectivity index (χ1) is 8.19. The third-order valence-electron chi connectivity index (χ3n) is 2.64. The van der Waals surface area contributed by atoms with Crippen molar-refractivity contribution in [1.29, 1.82) is 0 Å². The molecule has 1 aromatic carbocycles. The number of aryl methyl sites for hydroxylation is 2. The highest BCUT2D eigenvalue weighted by Gasteiger charge is 2.14. The van der Waals surface area contributed by atoms with Crippen molar-refractivity contribution in [3.8, 4) is 5.75 Å². The monoisotopic (exact) mass is 249 g/mol. The summed E-state index contributed by atoms with van der Waals surface area (Å²) in [7, 11) is 0. The van der Waals surface area contributed by atoms with Crippen molar-refractivity contribution in [2.75, 3.05) is 6.61 Å². The van der Waals surface area contributed by atoms with E-state index in [0.717, 1.165) is 16.9 Å². The van der Waals surface area contributed by atoms with Crippen LogP contribution in [0.4, 0.5) is 0 Å². The second-order valence-electron chi connectivity index (χ2n) is 5.79. The van der Waals surface area contributed by atoms with E-state index in [-0.39, 0.29) is 18.1 Å². The van der Waals surface area contributed by atoms with Gasteiger partial charge in [-0.25, -0.2) is 0 Å². The summed E-state index contributed by atoms with van der Waals surface area (Å²) in [5.41, 5.74) is 3.19. The first-order valence-corrected chi connectivity index (χ1v) is 6.21. The number of rotatable bonds is 3. The van der Waals surface area contributed by atoms with E-state index in [2.05, 4.69) is 11.4 Å². The summed E-state index contributed by atoms with van der Waals surface area (Å²) >= 11 is 0. The van der Waals surface area contributed by atoms with Gasteiger partial charge in [0.15, 0.2) is 6.61 Å². The molecule has 1 N–H and O–H groups in total. The fourth-order valence-corrected chi connectivity index (χ4v) is 1.75. The zero-order valence-electron chi connectivity index (χ0n) is 12.2. The Bertz CT molecular complexity index is 445. The summed E-state index contributed by atoms with van der Waals surface area (Å²) in [6.45, 7) is 12.0. The molecule has 1 rings (SSSR count). The summed E-state index contributed by atoms with van der Waals surface area (Å²) in [6, 6.07) is 4.07. The van der Waals surface area contributed by atoms with E-state index < -0.39 is 0 Å². The number of hydrogen-bond acceptors (Lipinski definition) is 2. The van der Waals surface area contributed by atoms with E-state index in [1.165, 1.54) is 5.56 Å². The molecular formula is C15H23NO2. The molecule has 1 amide bonds. The van der Waals surface area contributed by atoms with Gasteiger partial charge in [0.1, 0.15) is 5.75 Å². The standard InChI is InChI=1S/C15H23NO2/c1-10-7-11(2)12(3)13(8-10)18-9-14(17)16-15(4,5)6/h7-8H,9H2,1-6H3,(H,16,17). The van der Waals surface area contributed by atoms with E-state index in [9.17, 15) is 4.79 Å². The van der Waals surface area contributed by atoms with Gasteiger partial charge in [0.2, 0.25) is 0 Å². The average molecular weight is 249 g/mol. The molecule has 0 spiro atoms. The number of benzene rings is 1. The number of ether oxygens (including phenoxy) is 1. The van der Waals surface area contributed by atoms with Crippen molar-refractivity contribution in [3.63, 3.8) is 0 Å². The van der Waals surface area contributed by atoms with Crippen molar-refractivity contribution in [2.45, 2.75) is 47.1 Å². The molecule has 1 aromatic rings. The molecule has 0 aromatic heterocycles. The van der Waals surface area contributed by atoms with Crippen LogP contribution in [0.5, 0.6) is 5.75 Å². The van der Waals surface area contributed by atoms with Gasteiger partial charge in [-0.05, 0) is 64.3 Å². The SMILES string of the molecule is Cc1cc(C)c(C)c(OCC(=O)NC(C)(C)C)c1. The fraction of sp³-hybridized carbons (Fsp3) is 0.533. The van der Waals surface area contributed by atoms with Crippen LogP contribution >= 0.6 is 0 Å². The summed E-state index contributed by atoms with van der Waals surface area (Å²) in [5, 5.41) is 2.87. The van der Waals surface area contributed by atoms with Gasteiger partial charge in [0.25, 0.3) is 5.91 Å². The minimum absolute atomic E-state index is 0.0566. The normalized spacial score (nSPS) is 11.2. The van der Waals surface area contributed by atoms with Crippen molar-refractivity contribution < 1.29 is 9.53 Å². The Balaban J connectivity index is 2.67. The summed E-state index contributed by atoms with van der Waals surface area (Å²) in [5.74, 6) is 0.692. The molecule has 0 bridgehead atoms. The highest BCUT2D eigenvalue weighted by atomic mass is 16.5. The van der Waals surface area contributed by atoms with Gasteiger partial charge in [-0.2, -0.15) is 0 Å². The Morgan fingerprint density at radius 3 is 2.39 bits per heavy atom. The first kappa shape index (κ1) is 14.6. The van der Waals surface area contributed by atoms with Crippen LogP contribution in [-0.4, -0.2) is 18.1 Å². The maximum absolute atomic E-state index is 11.7. The molecule has 0 aliphatic carbocycles. The molecule has 3 heteroatoms.